The average Bonchev–Trinajstić information content (AvgIpc) is 2.98. The first-order valence-electron chi connectivity index (χ1n) is 15.2. The van der Waals surface area contributed by atoms with E-state index in [-0.39, 0.29) is 6.29 Å². The molecular weight excluding hydrogens is 484 g/mol. The first kappa shape index (κ1) is 30.6. The van der Waals surface area contributed by atoms with Crippen LogP contribution in [0.15, 0.2) is 60.9 Å². The van der Waals surface area contributed by atoms with Crippen molar-refractivity contribution in [1.29, 1.82) is 0 Å². The minimum atomic E-state index is -0.293. The molecule has 0 saturated heterocycles. The molecule has 0 radical (unpaired) electrons. The van der Waals surface area contributed by atoms with Gasteiger partial charge in [-0.05, 0) is 30.0 Å². The van der Waals surface area contributed by atoms with Crippen molar-refractivity contribution in [2.45, 2.75) is 104 Å². The maximum atomic E-state index is 6.33. The molecule has 0 saturated carbocycles. The van der Waals surface area contributed by atoms with E-state index in [1.807, 2.05) is 18.2 Å². The van der Waals surface area contributed by atoms with Crippen LogP contribution in [0.3, 0.4) is 0 Å². The van der Waals surface area contributed by atoms with Crippen molar-refractivity contribution in [1.82, 2.24) is 9.97 Å². The van der Waals surface area contributed by atoms with Gasteiger partial charge in [0, 0.05) is 6.42 Å². The fourth-order valence-corrected chi connectivity index (χ4v) is 4.62. The van der Waals surface area contributed by atoms with Gasteiger partial charge in [-0.15, -0.1) is 0 Å². The van der Waals surface area contributed by atoms with Crippen LogP contribution < -0.4 is 9.47 Å². The molecule has 3 aromatic rings. The monoisotopic (exact) mass is 532 g/mol. The molecule has 0 aliphatic heterocycles. The molecular formula is C34H48N2O3. The van der Waals surface area contributed by atoms with E-state index >= 15 is 0 Å². The molecule has 5 nitrogen and oxygen atoms in total. The summed E-state index contributed by atoms with van der Waals surface area (Å²) in [7, 11) is 0. The summed E-state index contributed by atoms with van der Waals surface area (Å²) in [5, 5.41) is 0. The lowest BCUT2D eigenvalue weighted by Gasteiger charge is -2.18. The summed E-state index contributed by atoms with van der Waals surface area (Å²) in [5.74, 6) is 2.06. The van der Waals surface area contributed by atoms with Crippen molar-refractivity contribution in [2.75, 3.05) is 13.2 Å². The third-order valence-electron chi connectivity index (χ3n) is 6.87. The van der Waals surface area contributed by atoms with Crippen molar-refractivity contribution < 1.29 is 14.2 Å². The molecule has 1 atom stereocenters. The summed E-state index contributed by atoms with van der Waals surface area (Å²) in [6, 6.07) is 16.5. The standard InChI is InChI=1S/C34H48N2O3/c1-4-7-9-11-12-13-18-24-37-31-23-19-22-30(28-20-15-14-16-21-28)33(31)34-35-26-29(27-36-34)39-32(6-3)38-25-17-10-8-5-2/h14-16,19-23,26-27,32H,4-13,17-18,24-25H2,1-3H3/t32-/m0/s1. The van der Waals surface area contributed by atoms with Crippen LogP contribution >= 0.6 is 0 Å². The van der Waals surface area contributed by atoms with Gasteiger partial charge < -0.3 is 14.2 Å². The summed E-state index contributed by atoms with van der Waals surface area (Å²) < 4.78 is 18.3. The molecule has 39 heavy (non-hydrogen) atoms. The molecule has 0 aliphatic carbocycles. The lowest BCUT2D eigenvalue weighted by molar-refractivity contribution is -0.0828. The zero-order valence-corrected chi connectivity index (χ0v) is 24.4. The SMILES string of the molecule is CCCCCCCCCOc1cccc(-c2ccccc2)c1-c1ncc(O[C@@H](CC)OCCCCCC)cn1. The maximum absolute atomic E-state index is 6.33. The van der Waals surface area contributed by atoms with Crippen LogP contribution in [0.4, 0.5) is 0 Å². The number of aromatic nitrogens is 2. The Morgan fingerprint density at radius 2 is 1.31 bits per heavy atom. The number of hydrogen-bond donors (Lipinski definition) is 0. The first-order valence-corrected chi connectivity index (χ1v) is 15.2. The number of nitrogens with zero attached hydrogens (tertiary/aromatic N) is 2. The normalized spacial score (nSPS) is 11.9. The molecule has 0 fully saturated rings. The van der Waals surface area contributed by atoms with E-state index in [2.05, 4.69) is 51.1 Å². The van der Waals surface area contributed by atoms with Gasteiger partial charge in [0.15, 0.2) is 17.9 Å². The summed E-state index contributed by atoms with van der Waals surface area (Å²) in [5.41, 5.74) is 3.08. The molecule has 2 aromatic carbocycles. The van der Waals surface area contributed by atoms with E-state index in [4.69, 9.17) is 24.2 Å². The Morgan fingerprint density at radius 1 is 0.667 bits per heavy atom. The fraction of sp³-hybridized carbons (Fsp3) is 0.529. The summed E-state index contributed by atoms with van der Waals surface area (Å²) in [4.78, 5) is 9.44. The lowest BCUT2D eigenvalue weighted by atomic mass is 9.98. The Balaban J connectivity index is 1.70. The van der Waals surface area contributed by atoms with Gasteiger partial charge in [0.05, 0.1) is 31.2 Å². The quantitative estimate of drug-likeness (QED) is 0.107. The third-order valence-corrected chi connectivity index (χ3v) is 6.87. The van der Waals surface area contributed by atoms with Crippen molar-refractivity contribution in [3.05, 3.63) is 60.9 Å². The first-order chi connectivity index (χ1) is 19.3. The molecule has 0 N–H and O–H groups in total. The predicted molar refractivity (Wildman–Crippen MR) is 161 cm³/mol. The van der Waals surface area contributed by atoms with Gasteiger partial charge in [-0.2, -0.15) is 0 Å². The highest BCUT2D eigenvalue weighted by Crippen LogP contribution is 2.38. The largest absolute Gasteiger partial charge is 0.493 e. The van der Waals surface area contributed by atoms with Gasteiger partial charge in [-0.25, -0.2) is 9.97 Å². The second-order valence-electron chi connectivity index (χ2n) is 10.1. The van der Waals surface area contributed by atoms with Gasteiger partial charge in [0.25, 0.3) is 0 Å². The Hall–Kier alpha value is -2.92. The van der Waals surface area contributed by atoms with Crippen LogP contribution in [0.2, 0.25) is 0 Å². The predicted octanol–water partition coefficient (Wildman–Crippen LogP) is 9.65. The summed E-state index contributed by atoms with van der Waals surface area (Å²) in [6.45, 7) is 7.94. The van der Waals surface area contributed by atoms with Gasteiger partial charge >= 0.3 is 0 Å². The second-order valence-corrected chi connectivity index (χ2v) is 10.1. The van der Waals surface area contributed by atoms with Gasteiger partial charge in [-0.3, -0.25) is 0 Å². The van der Waals surface area contributed by atoms with Crippen molar-refractivity contribution in [3.63, 3.8) is 0 Å². The molecule has 0 amide bonds. The van der Waals surface area contributed by atoms with Gasteiger partial charge in [-0.1, -0.05) is 121 Å². The van der Waals surface area contributed by atoms with Crippen LogP contribution in [0.1, 0.15) is 97.8 Å². The van der Waals surface area contributed by atoms with Crippen molar-refractivity contribution in [3.8, 4) is 34.0 Å². The summed E-state index contributed by atoms with van der Waals surface area (Å²) in [6.07, 6.45) is 17.4. The van der Waals surface area contributed by atoms with E-state index in [1.54, 1.807) is 12.4 Å². The molecule has 0 unspecified atom stereocenters. The molecule has 0 aliphatic rings. The summed E-state index contributed by atoms with van der Waals surface area (Å²) >= 11 is 0. The Labute approximate surface area is 236 Å². The van der Waals surface area contributed by atoms with Gasteiger partial charge in [0.2, 0.25) is 0 Å². The van der Waals surface area contributed by atoms with Crippen LogP contribution in [-0.2, 0) is 4.74 Å². The maximum Gasteiger partial charge on any atom is 0.199 e. The highest BCUT2D eigenvalue weighted by Gasteiger charge is 2.17. The number of rotatable bonds is 20. The van der Waals surface area contributed by atoms with Gasteiger partial charge in [0.1, 0.15) is 5.75 Å². The molecule has 0 bridgehead atoms. The molecule has 3 rings (SSSR count). The van der Waals surface area contributed by atoms with E-state index in [1.165, 1.54) is 57.8 Å². The van der Waals surface area contributed by atoms with Crippen LogP contribution in [0.25, 0.3) is 22.5 Å². The van der Waals surface area contributed by atoms with Crippen molar-refractivity contribution in [2.24, 2.45) is 0 Å². The zero-order chi connectivity index (χ0) is 27.5. The van der Waals surface area contributed by atoms with E-state index in [0.29, 0.717) is 24.8 Å². The minimum absolute atomic E-state index is 0.293. The topological polar surface area (TPSA) is 53.5 Å². The fourth-order valence-electron chi connectivity index (χ4n) is 4.62. The van der Waals surface area contributed by atoms with Crippen molar-refractivity contribution >= 4 is 0 Å². The lowest BCUT2D eigenvalue weighted by Crippen LogP contribution is -2.20. The Morgan fingerprint density at radius 3 is 2.00 bits per heavy atom. The number of unbranched alkanes of at least 4 members (excludes halogenated alkanes) is 9. The highest BCUT2D eigenvalue weighted by atomic mass is 16.7. The van der Waals surface area contributed by atoms with Crippen LogP contribution in [-0.4, -0.2) is 29.5 Å². The molecule has 5 heteroatoms. The number of benzene rings is 2. The Bertz CT molecular complexity index is 1040. The highest BCUT2D eigenvalue weighted by molar-refractivity contribution is 5.84. The molecule has 1 aromatic heterocycles. The van der Waals surface area contributed by atoms with E-state index in [0.717, 1.165) is 41.7 Å². The number of hydrogen-bond acceptors (Lipinski definition) is 5. The smallest absolute Gasteiger partial charge is 0.199 e. The Kier molecular flexibility index (Phi) is 14.4. The van der Waals surface area contributed by atoms with E-state index < -0.39 is 0 Å². The minimum Gasteiger partial charge on any atom is -0.493 e. The number of ether oxygens (including phenoxy) is 3. The average molecular weight is 533 g/mol. The zero-order valence-electron chi connectivity index (χ0n) is 24.4. The van der Waals surface area contributed by atoms with Crippen LogP contribution in [0, 0.1) is 0 Å². The molecule has 1 heterocycles. The third kappa shape index (κ3) is 10.6. The van der Waals surface area contributed by atoms with Crippen LogP contribution in [0.5, 0.6) is 11.5 Å². The molecule has 212 valence electrons. The van der Waals surface area contributed by atoms with E-state index in [9.17, 15) is 0 Å². The second kappa shape index (κ2) is 18.4. The molecule has 0 spiro atoms.